The summed E-state index contributed by atoms with van der Waals surface area (Å²) in [5.41, 5.74) is 2.65. The van der Waals surface area contributed by atoms with Crippen LogP contribution in [-0.4, -0.2) is 32.7 Å². The molecular weight excluding hydrogens is 254 g/mol. The Bertz CT molecular complexity index is 479. The average molecular weight is 269 g/mol. The van der Waals surface area contributed by atoms with Crippen LogP contribution in [0.2, 0.25) is 0 Å². The van der Waals surface area contributed by atoms with E-state index in [0.717, 1.165) is 11.1 Å². The zero-order chi connectivity index (χ0) is 13.7. The number of aryl methyl sites for hydroxylation is 2. The molecule has 0 aliphatic carbocycles. The van der Waals surface area contributed by atoms with Gasteiger partial charge >= 0.3 is 5.97 Å². The van der Waals surface area contributed by atoms with Gasteiger partial charge in [-0.15, -0.1) is 0 Å². The van der Waals surface area contributed by atoms with E-state index in [1.54, 1.807) is 12.1 Å². The van der Waals surface area contributed by atoms with Crippen molar-refractivity contribution in [3.63, 3.8) is 0 Å². The third kappa shape index (κ3) is 5.09. The molecule has 0 aliphatic heterocycles. The predicted octanol–water partition coefficient (Wildman–Crippen LogP) is 1.08. The zero-order valence-corrected chi connectivity index (χ0v) is 11.0. The van der Waals surface area contributed by atoms with Crippen LogP contribution in [0.4, 0.5) is 5.69 Å². The molecule has 0 spiro atoms. The van der Waals surface area contributed by atoms with E-state index in [1.165, 1.54) is 0 Å². The van der Waals surface area contributed by atoms with Gasteiger partial charge in [0, 0.05) is 16.5 Å². The van der Waals surface area contributed by atoms with E-state index in [9.17, 15) is 13.8 Å². The molecule has 18 heavy (non-hydrogen) atoms. The Balaban J connectivity index is 2.59. The summed E-state index contributed by atoms with van der Waals surface area (Å²) in [5.74, 6) is -2.44. The van der Waals surface area contributed by atoms with Crippen molar-refractivity contribution in [3.05, 3.63) is 29.3 Å². The van der Waals surface area contributed by atoms with Crippen LogP contribution in [0.5, 0.6) is 0 Å². The lowest BCUT2D eigenvalue weighted by Gasteiger charge is -2.07. The fourth-order valence-corrected chi connectivity index (χ4v) is 2.32. The molecule has 0 aromatic heterocycles. The van der Waals surface area contributed by atoms with Gasteiger partial charge in [-0.05, 0) is 37.1 Å². The molecule has 0 heterocycles. The molecule has 1 atom stereocenters. The number of nitrogens with one attached hydrogen (secondary N) is 1. The number of benzene rings is 1. The van der Waals surface area contributed by atoms with Crippen molar-refractivity contribution in [1.82, 2.24) is 0 Å². The molecular formula is C12H15NO4S. The second-order valence-electron chi connectivity index (χ2n) is 4.05. The van der Waals surface area contributed by atoms with Crippen LogP contribution in [-0.2, 0) is 20.4 Å². The molecule has 0 fully saturated rings. The Hall–Kier alpha value is -1.69. The third-order valence-electron chi connectivity index (χ3n) is 2.08. The van der Waals surface area contributed by atoms with Crippen molar-refractivity contribution in [1.29, 1.82) is 0 Å². The Morgan fingerprint density at radius 3 is 2.22 bits per heavy atom. The monoisotopic (exact) mass is 269 g/mol. The number of hydrogen-bond acceptors (Lipinski definition) is 3. The van der Waals surface area contributed by atoms with Crippen molar-refractivity contribution in [2.75, 3.05) is 16.8 Å². The van der Waals surface area contributed by atoms with Gasteiger partial charge in [-0.1, -0.05) is 6.07 Å². The van der Waals surface area contributed by atoms with Gasteiger partial charge in [0.2, 0.25) is 5.91 Å². The lowest BCUT2D eigenvalue weighted by molar-refractivity contribution is -0.133. The first kappa shape index (κ1) is 14.4. The van der Waals surface area contributed by atoms with Crippen LogP contribution in [0.3, 0.4) is 0 Å². The highest BCUT2D eigenvalue weighted by Crippen LogP contribution is 2.13. The summed E-state index contributed by atoms with van der Waals surface area (Å²) in [6.45, 7) is 3.82. The maximum atomic E-state index is 11.5. The molecule has 1 aromatic carbocycles. The van der Waals surface area contributed by atoms with Crippen molar-refractivity contribution >= 4 is 28.4 Å². The number of amides is 1. The fraction of sp³-hybridized carbons (Fsp3) is 0.333. The van der Waals surface area contributed by atoms with Gasteiger partial charge in [0.05, 0.1) is 0 Å². The highest BCUT2D eigenvalue weighted by atomic mass is 32.2. The molecule has 1 rings (SSSR count). The molecule has 0 radical (unpaired) electrons. The number of rotatable bonds is 5. The molecule has 0 saturated carbocycles. The second kappa shape index (κ2) is 6.30. The maximum Gasteiger partial charge on any atom is 0.316 e. The Morgan fingerprint density at radius 1 is 1.17 bits per heavy atom. The minimum atomic E-state index is -1.68. The molecule has 0 bridgehead atoms. The van der Waals surface area contributed by atoms with Crippen molar-refractivity contribution in [2.45, 2.75) is 13.8 Å². The number of carbonyl (C=O) groups is 2. The molecule has 6 heteroatoms. The molecule has 1 aromatic rings. The SMILES string of the molecule is Cc1cc(C)cc(NC(=O)CS(=O)CC(=O)O)c1. The van der Waals surface area contributed by atoms with E-state index in [4.69, 9.17) is 5.11 Å². The first-order valence-corrected chi connectivity index (χ1v) is 6.80. The summed E-state index contributed by atoms with van der Waals surface area (Å²) >= 11 is 0. The minimum absolute atomic E-state index is 0.306. The highest BCUT2D eigenvalue weighted by Gasteiger charge is 2.11. The molecule has 1 unspecified atom stereocenters. The second-order valence-corrected chi connectivity index (χ2v) is 5.50. The Morgan fingerprint density at radius 2 is 1.72 bits per heavy atom. The van der Waals surface area contributed by atoms with Crippen molar-refractivity contribution < 1.29 is 18.9 Å². The van der Waals surface area contributed by atoms with Gasteiger partial charge < -0.3 is 10.4 Å². The van der Waals surface area contributed by atoms with Gasteiger partial charge in [-0.25, -0.2) is 0 Å². The molecule has 0 saturated heterocycles. The van der Waals surface area contributed by atoms with E-state index in [1.807, 2.05) is 19.9 Å². The zero-order valence-electron chi connectivity index (χ0n) is 10.2. The van der Waals surface area contributed by atoms with Gasteiger partial charge in [0.1, 0.15) is 11.5 Å². The topological polar surface area (TPSA) is 83.5 Å². The molecule has 0 aliphatic rings. The number of anilines is 1. The normalized spacial score (nSPS) is 11.9. The van der Waals surface area contributed by atoms with Gasteiger partial charge in [-0.2, -0.15) is 0 Å². The third-order valence-corrected chi connectivity index (χ3v) is 3.24. The summed E-state index contributed by atoms with van der Waals surface area (Å²) in [4.78, 5) is 21.8. The smallest absolute Gasteiger partial charge is 0.316 e. The number of carbonyl (C=O) groups excluding carboxylic acids is 1. The van der Waals surface area contributed by atoms with Crippen LogP contribution in [0.1, 0.15) is 11.1 Å². The number of carboxylic acid groups (broad SMARTS) is 1. The van der Waals surface area contributed by atoms with E-state index < -0.39 is 28.4 Å². The molecule has 98 valence electrons. The first-order valence-electron chi connectivity index (χ1n) is 5.32. The molecule has 1 amide bonds. The van der Waals surface area contributed by atoms with Crippen molar-refractivity contribution in [3.8, 4) is 0 Å². The number of hydrogen-bond donors (Lipinski definition) is 2. The first-order chi connectivity index (χ1) is 8.36. The fourth-order valence-electron chi connectivity index (χ4n) is 1.58. The van der Waals surface area contributed by atoms with Crippen LogP contribution in [0.15, 0.2) is 18.2 Å². The number of aliphatic carboxylic acids is 1. The van der Waals surface area contributed by atoms with Crippen LogP contribution >= 0.6 is 0 Å². The Kier molecular flexibility index (Phi) is 5.03. The van der Waals surface area contributed by atoms with Crippen LogP contribution in [0, 0.1) is 13.8 Å². The van der Waals surface area contributed by atoms with E-state index >= 15 is 0 Å². The quantitative estimate of drug-likeness (QED) is 0.837. The standard InChI is InChI=1S/C12H15NO4S/c1-8-3-9(2)5-10(4-8)13-11(14)6-18(17)7-12(15)16/h3-5H,6-7H2,1-2H3,(H,13,14)(H,15,16). The maximum absolute atomic E-state index is 11.5. The van der Waals surface area contributed by atoms with E-state index in [2.05, 4.69) is 5.32 Å². The Labute approximate surface area is 108 Å². The summed E-state index contributed by atoms with van der Waals surface area (Å²) in [6.07, 6.45) is 0. The summed E-state index contributed by atoms with van der Waals surface area (Å²) in [5, 5.41) is 11.0. The summed E-state index contributed by atoms with van der Waals surface area (Å²) in [6, 6.07) is 5.56. The average Bonchev–Trinajstić information content (AvgIpc) is 2.12. The lowest BCUT2D eigenvalue weighted by Crippen LogP contribution is -2.23. The van der Waals surface area contributed by atoms with Gasteiger partial charge in [-0.3, -0.25) is 13.8 Å². The van der Waals surface area contributed by atoms with Crippen LogP contribution in [0.25, 0.3) is 0 Å². The number of carboxylic acids is 1. The summed E-state index contributed by atoms with van der Waals surface area (Å²) < 4.78 is 11.3. The largest absolute Gasteiger partial charge is 0.481 e. The minimum Gasteiger partial charge on any atom is -0.481 e. The van der Waals surface area contributed by atoms with Crippen LogP contribution < -0.4 is 5.32 Å². The van der Waals surface area contributed by atoms with E-state index in [-0.39, 0.29) is 5.75 Å². The molecule has 5 nitrogen and oxygen atoms in total. The summed E-state index contributed by atoms with van der Waals surface area (Å²) in [7, 11) is -1.68. The lowest BCUT2D eigenvalue weighted by atomic mass is 10.1. The van der Waals surface area contributed by atoms with Gasteiger partial charge in [0.15, 0.2) is 0 Å². The predicted molar refractivity (Wildman–Crippen MR) is 70.1 cm³/mol. The van der Waals surface area contributed by atoms with Crippen molar-refractivity contribution in [2.24, 2.45) is 0 Å². The molecule has 2 N–H and O–H groups in total. The highest BCUT2D eigenvalue weighted by molar-refractivity contribution is 7.86. The van der Waals surface area contributed by atoms with E-state index in [0.29, 0.717) is 5.69 Å². The van der Waals surface area contributed by atoms with Gasteiger partial charge in [0.25, 0.3) is 0 Å².